The molecule has 0 saturated carbocycles. The number of amides is 2. The maximum atomic E-state index is 13.5. The average molecular weight is 404 g/mol. The van der Waals surface area contributed by atoms with Crippen LogP contribution in [0.4, 0.5) is 5.69 Å². The molecule has 0 radical (unpaired) electrons. The lowest BCUT2D eigenvalue weighted by molar-refractivity contribution is -0.156. The van der Waals surface area contributed by atoms with Crippen LogP contribution < -0.4 is 4.90 Å². The fraction of sp³-hybridized carbons (Fsp3) is 0.333. The molecular weight excluding hydrogens is 380 g/mol. The van der Waals surface area contributed by atoms with Crippen molar-refractivity contribution in [3.8, 4) is 0 Å². The first-order valence-corrected chi connectivity index (χ1v) is 10.1. The van der Waals surface area contributed by atoms with Crippen LogP contribution in [0.3, 0.4) is 0 Å². The number of ether oxygens (including phenoxy) is 1. The zero-order valence-electron chi connectivity index (χ0n) is 17.3. The lowest BCUT2D eigenvalue weighted by atomic mass is 9.87. The van der Waals surface area contributed by atoms with Crippen molar-refractivity contribution in [2.24, 2.45) is 16.8 Å². The van der Waals surface area contributed by atoms with Crippen LogP contribution in [0.1, 0.15) is 37.8 Å². The molecule has 0 spiro atoms. The van der Waals surface area contributed by atoms with Gasteiger partial charge in [0.2, 0.25) is 17.5 Å². The zero-order chi connectivity index (χ0) is 21.5. The molecule has 0 N–H and O–H groups in total. The van der Waals surface area contributed by atoms with Gasteiger partial charge in [-0.15, -0.1) is 0 Å². The second-order valence-electron chi connectivity index (χ2n) is 8.22. The van der Waals surface area contributed by atoms with Crippen LogP contribution in [-0.4, -0.2) is 23.5 Å². The van der Waals surface area contributed by atoms with Crippen LogP contribution in [0.15, 0.2) is 59.6 Å². The molecule has 0 bridgehead atoms. The SMILES string of the molecule is Cc1ccccc1N1C(=O)CC(C2(c3ccccc3)N=C(CC(C)C)C(=O)O2)C1=O. The quantitative estimate of drug-likeness (QED) is 0.561. The third-order valence-corrected chi connectivity index (χ3v) is 5.55. The molecule has 2 atom stereocenters. The lowest BCUT2D eigenvalue weighted by Gasteiger charge is -2.30. The van der Waals surface area contributed by atoms with Crippen molar-refractivity contribution in [3.63, 3.8) is 0 Å². The number of para-hydroxylation sites is 1. The summed E-state index contributed by atoms with van der Waals surface area (Å²) in [4.78, 5) is 45.0. The van der Waals surface area contributed by atoms with Crippen LogP contribution >= 0.6 is 0 Å². The van der Waals surface area contributed by atoms with Crippen molar-refractivity contribution in [1.29, 1.82) is 0 Å². The van der Waals surface area contributed by atoms with Crippen molar-refractivity contribution >= 4 is 29.2 Å². The van der Waals surface area contributed by atoms with E-state index in [-0.39, 0.29) is 18.2 Å². The van der Waals surface area contributed by atoms with Gasteiger partial charge in [-0.25, -0.2) is 14.7 Å². The number of cyclic esters (lactones) is 1. The molecule has 0 aliphatic carbocycles. The molecule has 154 valence electrons. The minimum Gasteiger partial charge on any atom is -0.427 e. The Morgan fingerprint density at radius 2 is 1.73 bits per heavy atom. The molecule has 2 amide bonds. The molecule has 2 heterocycles. The molecule has 2 aromatic carbocycles. The van der Waals surface area contributed by atoms with E-state index >= 15 is 0 Å². The topological polar surface area (TPSA) is 76.0 Å². The summed E-state index contributed by atoms with van der Waals surface area (Å²) in [5.74, 6) is -1.96. The molecule has 6 nitrogen and oxygen atoms in total. The number of imide groups is 1. The summed E-state index contributed by atoms with van der Waals surface area (Å²) >= 11 is 0. The van der Waals surface area contributed by atoms with Crippen molar-refractivity contribution in [2.75, 3.05) is 4.90 Å². The maximum Gasteiger partial charge on any atom is 0.354 e. The Morgan fingerprint density at radius 1 is 1.07 bits per heavy atom. The fourth-order valence-corrected chi connectivity index (χ4v) is 4.14. The van der Waals surface area contributed by atoms with Gasteiger partial charge in [-0.3, -0.25) is 9.59 Å². The fourth-order valence-electron chi connectivity index (χ4n) is 4.14. The highest BCUT2D eigenvalue weighted by Crippen LogP contribution is 2.46. The summed E-state index contributed by atoms with van der Waals surface area (Å²) in [6.45, 7) is 5.83. The Bertz CT molecular complexity index is 1040. The molecule has 2 unspecified atom stereocenters. The number of aliphatic imine (C=N–C) groups is 1. The van der Waals surface area contributed by atoms with Crippen molar-refractivity contribution < 1.29 is 19.1 Å². The predicted octanol–water partition coefficient (Wildman–Crippen LogP) is 3.77. The lowest BCUT2D eigenvalue weighted by Crippen LogP contribution is -2.40. The summed E-state index contributed by atoms with van der Waals surface area (Å²) in [5.41, 5.74) is 0.750. The van der Waals surface area contributed by atoms with Gasteiger partial charge in [-0.1, -0.05) is 62.4 Å². The van der Waals surface area contributed by atoms with Gasteiger partial charge < -0.3 is 4.74 Å². The van der Waals surface area contributed by atoms with Crippen molar-refractivity contribution in [1.82, 2.24) is 0 Å². The number of anilines is 1. The molecular formula is C24H24N2O4. The van der Waals surface area contributed by atoms with Crippen molar-refractivity contribution in [3.05, 3.63) is 65.7 Å². The Morgan fingerprint density at radius 3 is 2.40 bits per heavy atom. The molecule has 1 fully saturated rings. The molecule has 6 heteroatoms. The number of hydrogen-bond donors (Lipinski definition) is 0. The van der Waals surface area contributed by atoms with E-state index in [4.69, 9.17) is 4.74 Å². The van der Waals surface area contributed by atoms with Gasteiger partial charge in [0.1, 0.15) is 11.6 Å². The minimum absolute atomic E-state index is 0.0756. The minimum atomic E-state index is -1.52. The standard InChI is InChI=1S/C24H24N2O4/c1-15(2)13-19-23(29)30-24(25-19,17-10-5-4-6-11-17)18-14-21(27)26(22(18)28)20-12-8-7-9-16(20)3/h4-12,15,18H,13-14H2,1-3H3. The Hall–Kier alpha value is -3.28. The number of esters is 1. The summed E-state index contributed by atoms with van der Waals surface area (Å²) in [6, 6.07) is 16.3. The molecule has 2 aliphatic heterocycles. The van der Waals surface area contributed by atoms with E-state index in [0.717, 1.165) is 5.56 Å². The number of rotatable bonds is 5. The number of aryl methyl sites for hydroxylation is 1. The second-order valence-corrected chi connectivity index (χ2v) is 8.22. The van der Waals surface area contributed by atoms with E-state index in [1.54, 1.807) is 36.4 Å². The smallest absolute Gasteiger partial charge is 0.354 e. The highest BCUT2D eigenvalue weighted by molar-refractivity contribution is 6.38. The normalized spacial score (nSPS) is 23.9. The molecule has 4 rings (SSSR count). The third kappa shape index (κ3) is 3.22. The number of carbonyl (C=O) groups excluding carboxylic acids is 3. The summed E-state index contributed by atoms with van der Waals surface area (Å²) in [7, 11) is 0. The zero-order valence-corrected chi connectivity index (χ0v) is 17.3. The monoisotopic (exact) mass is 404 g/mol. The van der Waals surface area contributed by atoms with E-state index < -0.39 is 23.5 Å². The number of benzene rings is 2. The van der Waals surface area contributed by atoms with Crippen LogP contribution in [0.5, 0.6) is 0 Å². The first kappa shape index (κ1) is 20.0. The summed E-state index contributed by atoms with van der Waals surface area (Å²) in [5, 5.41) is 0. The predicted molar refractivity (Wildman–Crippen MR) is 113 cm³/mol. The van der Waals surface area contributed by atoms with Gasteiger partial charge >= 0.3 is 5.97 Å². The van der Waals surface area contributed by atoms with E-state index in [1.807, 2.05) is 39.0 Å². The first-order chi connectivity index (χ1) is 14.3. The number of nitrogens with zero attached hydrogens (tertiary/aromatic N) is 2. The Kier molecular flexibility index (Phi) is 5.02. The third-order valence-electron chi connectivity index (χ3n) is 5.55. The maximum absolute atomic E-state index is 13.5. The van der Waals surface area contributed by atoms with Crippen LogP contribution in [-0.2, 0) is 24.8 Å². The molecule has 2 aliphatic rings. The first-order valence-electron chi connectivity index (χ1n) is 10.1. The van der Waals surface area contributed by atoms with Gasteiger partial charge in [0, 0.05) is 12.0 Å². The van der Waals surface area contributed by atoms with Gasteiger partial charge in [-0.2, -0.15) is 0 Å². The van der Waals surface area contributed by atoms with E-state index in [1.165, 1.54) is 4.90 Å². The van der Waals surface area contributed by atoms with Gasteiger partial charge in [-0.05, 0) is 30.9 Å². The largest absolute Gasteiger partial charge is 0.427 e. The highest BCUT2D eigenvalue weighted by Gasteiger charge is 2.58. The average Bonchev–Trinajstić information content (AvgIpc) is 3.20. The van der Waals surface area contributed by atoms with Crippen molar-refractivity contribution in [2.45, 2.75) is 39.3 Å². The number of hydrogen-bond acceptors (Lipinski definition) is 5. The highest BCUT2D eigenvalue weighted by atomic mass is 16.6. The van der Waals surface area contributed by atoms with E-state index in [0.29, 0.717) is 23.4 Å². The van der Waals surface area contributed by atoms with E-state index in [9.17, 15) is 14.4 Å². The summed E-state index contributed by atoms with van der Waals surface area (Å²) < 4.78 is 5.82. The number of carbonyl (C=O) groups is 3. The van der Waals surface area contributed by atoms with Crippen LogP contribution in [0.25, 0.3) is 0 Å². The second kappa shape index (κ2) is 7.52. The van der Waals surface area contributed by atoms with E-state index in [2.05, 4.69) is 4.99 Å². The summed E-state index contributed by atoms with van der Waals surface area (Å²) in [6.07, 6.45) is 0.373. The molecule has 30 heavy (non-hydrogen) atoms. The van der Waals surface area contributed by atoms with Gasteiger partial charge in [0.15, 0.2) is 0 Å². The Balaban J connectivity index is 1.81. The van der Waals surface area contributed by atoms with Gasteiger partial charge in [0.05, 0.1) is 5.69 Å². The molecule has 2 aromatic rings. The van der Waals surface area contributed by atoms with Crippen LogP contribution in [0.2, 0.25) is 0 Å². The Labute approximate surface area is 175 Å². The van der Waals surface area contributed by atoms with Crippen LogP contribution in [0, 0.1) is 18.8 Å². The molecule has 0 aromatic heterocycles. The van der Waals surface area contributed by atoms with Gasteiger partial charge in [0.25, 0.3) is 0 Å². The molecule has 1 saturated heterocycles.